The van der Waals surface area contributed by atoms with Crippen molar-refractivity contribution in [2.24, 2.45) is 0 Å². The summed E-state index contributed by atoms with van der Waals surface area (Å²) in [7, 11) is 0. The molecule has 0 radical (unpaired) electrons. The molecular weight excluding hydrogens is 244 g/mol. The molecule has 1 aromatic carbocycles. The summed E-state index contributed by atoms with van der Waals surface area (Å²) in [6, 6.07) is 8.28. The number of nitrogens with zero attached hydrogens (tertiary/aromatic N) is 1. The van der Waals surface area contributed by atoms with Gasteiger partial charge < -0.3 is 9.72 Å². The molecule has 0 saturated heterocycles. The molecule has 0 aliphatic heterocycles. The van der Waals surface area contributed by atoms with Crippen LogP contribution in [0.25, 0.3) is 10.3 Å². The van der Waals surface area contributed by atoms with Crippen LogP contribution in [0.4, 0.5) is 0 Å². The first-order valence-electron chi connectivity index (χ1n) is 5.98. The van der Waals surface area contributed by atoms with Crippen LogP contribution in [0.3, 0.4) is 0 Å². The zero-order valence-electron chi connectivity index (χ0n) is 10.1. The zero-order chi connectivity index (χ0) is 12.4. The third-order valence-corrected chi connectivity index (χ3v) is 3.77. The Morgan fingerprint density at radius 3 is 2.89 bits per heavy atom. The van der Waals surface area contributed by atoms with E-state index in [-0.39, 0.29) is 0 Å². The highest BCUT2D eigenvalue weighted by Crippen LogP contribution is 2.24. The first-order chi connectivity index (χ1) is 8.86. The van der Waals surface area contributed by atoms with Crippen molar-refractivity contribution in [2.75, 3.05) is 6.61 Å². The summed E-state index contributed by atoms with van der Waals surface area (Å²) in [5.41, 5.74) is 5.45. The van der Waals surface area contributed by atoms with Crippen molar-refractivity contribution in [1.29, 1.82) is 0 Å². The molecule has 2 heterocycles. The molecule has 0 saturated carbocycles. The van der Waals surface area contributed by atoms with Gasteiger partial charge in [-0.1, -0.05) is 12.1 Å². The Balaban J connectivity index is 1.82. The van der Waals surface area contributed by atoms with Crippen molar-refractivity contribution in [1.82, 2.24) is 9.97 Å². The number of ether oxygens (including phenoxy) is 1. The zero-order valence-corrected chi connectivity index (χ0v) is 11.0. The molecule has 0 fully saturated rings. The van der Waals surface area contributed by atoms with Gasteiger partial charge >= 0.3 is 0 Å². The maximum absolute atomic E-state index is 5.44. The Labute approximate surface area is 109 Å². The van der Waals surface area contributed by atoms with E-state index in [1.165, 1.54) is 15.8 Å². The van der Waals surface area contributed by atoms with E-state index in [1.54, 1.807) is 11.3 Å². The molecule has 3 rings (SSSR count). The van der Waals surface area contributed by atoms with E-state index in [0.717, 1.165) is 17.8 Å². The van der Waals surface area contributed by atoms with Crippen molar-refractivity contribution in [2.45, 2.75) is 13.3 Å². The molecule has 0 spiro atoms. The Morgan fingerprint density at radius 1 is 1.28 bits per heavy atom. The first-order valence-corrected chi connectivity index (χ1v) is 6.86. The SMILES string of the molecule is CCOc1ccc(Cc2c[nH]c3ncsc23)cc1. The third kappa shape index (κ3) is 2.11. The molecule has 0 unspecified atom stereocenters. The topological polar surface area (TPSA) is 37.9 Å². The summed E-state index contributed by atoms with van der Waals surface area (Å²) in [6.07, 6.45) is 2.97. The Bertz CT molecular complexity index is 639. The molecule has 3 aromatic rings. The normalized spacial score (nSPS) is 10.9. The number of rotatable bonds is 4. The van der Waals surface area contributed by atoms with Crippen LogP contribution in [0.1, 0.15) is 18.1 Å². The van der Waals surface area contributed by atoms with E-state index in [9.17, 15) is 0 Å². The summed E-state index contributed by atoms with van der Waals surface area (Å²) < 4.78 is 6.69. The van der Waals surface area contributed by atoms with Crippen LogP contribution >= 0.6 is 11.3 Å². The second-order valence-corrected chi connectivity index (χ2v) is 4.95. The van der Waals surface area contributed by atoms with Gasteiger partial charge in [0.1, 0.15) is 11.4 Å². The lowest BCUT2D eigenvalue weighted by atomic mass is 10.1. The molecule has 0 bridgehead atoms. The van der Waals surface area contributed by atoms with Gasteiger partial charge in [0.05, 0.1) is 16.8 Å². The molecule has 1 N–H and O–H groups in total. The highest BCUT2D eigenvalue weighted by molar-refractivity contribution is 7.16. The number of nitrogens with one attached hydrogen (secondary N) is 1. The van der Waals surface area contributed by atoms with E-state index >= 15 is 0 Å². The van der Waals surface area contributed by atoms with E-state index in [1.807, 2.05) is 30.8 Å². The number of aromatic amines is 1. The average Bonchev–Trinajstić information content (AvgIpc) is 2.97. The Hall–Kier alpha value is -1.81. The first kappa shape index (κ1) is 11.3. The molecule has 4 heteroatoms. The van der Waals surface area contributed by atoms with E-state index in [4.69, 9.17) is 4.74 Å². The maximum atomic E-state index is 5.44. The lowest BCUT2D eigenvalue weighted by molar-refractivity contribution is 0.340. The summed E-state index contributed by atoms with van der Waals surface area (Å²) >= 11 is 1.68. The number of fused-ring (bicyclic) bond motifs is 1. The largest absolute Gasteiger partial charge is 0.494 e. The van der Waals surface area contributed by atoms with Crippen molar-refractivity contribution < 1.29 is 4.74 Å². The molecule has 0 atom stereocenters. The minimum atomic E-state index is 0.707. The second kappa shape index (κ2) is 4.82. The van der Waals surface area contributed by atoms with Gasteiger partial charge in [0.25, 0.3) is 0 Å². The van der Waals surface area contributed by atoms with Crippen LogP contribution in [-0.2, 0) is 6.42 Å². The Morgan fingerprint density at radius 2 is 2.11 bits per heavy atom. The molecular formula is C14H14N2OS. The van der Waals surface area contributed by atoms with Crippen molar-refractivity contribution in [3.8, 4) is 5.75 Å². The lowest BCUT2D eigenvalue weighted by Crippen LogP contribution is -1.92. The molecule has 92 valence electrons. The number of thiazole rings is 1. The monoisotopic (exact) mass is 258 g/mol. The van der Waals surface area contributed by atoms with Gasteiger partial charge in [-0.05, 0) is 30.2 Å². The van der Waals surface area contributed by atoms with Crippen LogP contribution in [0.15, 0.2) is 36.0 Å². The summed E-state index contributed by atoms with van der Waals surface area (Å²) in [5.74, 6) is 0.929. The standard InChI is InChI=1S/C14H14N2OS/c1-2-17-12-5-3-10(4-6-12)7-11-8-15-14-13(11)18-9-16-14/h3-6,8-9,15H,2,7H2,1H3. The highest BCUT2D eigenvalue weighted by atomic mass is 32.1. The number of benzene rings is 1. The fourth-order valence-corrected chi connectivity index (χ4v) is 2.79. The molecule has 0 amide bonds. The van der Waals surface area contributed by atoms with Crippen molar-refractivity contribution >= 4 is 21.7 Å². The predicted octanol–water partition coefficient (Wildman–Crippen LogP) is 3.61. The summed E-state index contributed by atoms with van der Waals surface area (Å²) in [5, 5.41) is 0. The van der Waals surface area contributed by atoms with Gasteiger partial charge in [-0.15, -0.1) is 11.3 Å². The lowest BCUT2D eigenvalue weighted by Gasteiger charge is -2.04. The van der Waals surface area contributed by atoms with Crippen molar-refractivity contribution in [3.63, 3.8) is 0 Å². The molecule has 0 aliphatic rings. The molecule has 3 nitrogen and oxygen atoms in total. The number of H-pyrrole nitrogens is 1. The second-order valence-electron chi connectivity index (χ2n) is 4.10. The average molecular weight is 258 g/mol. The Kier molecular flexibility index (Phi) is 3.02. The van der Waals surface area contributed by atoms with Crippen molar-refractivity contribution in [3.05, 3.63) is 47.1 Å². The third-order valence-electron chi connectivity index (χ3n) is 2.87. The van der Waals surface area contributed by atoms with E-state index in [0.29, 0.717) is 6.61 Å². The van der Waals surface area contributed by atoms with Gasteiger partial charge in [-0.25, -0.2) is 4.98 Å². The molecule has 2 aromatic heterocycles. The van der Waals surface area contributed by atoms with Crippen LogP contribution in [0.2, 0.25) is 0 Å². The van der Waals surface area contributed by atoms with Crippen LogP contribution in [0.5, 0.6) is 5.75 Å². The van der Waals surface area contributed by atoms with Crippen LogP contribution < -0.4 is 4.74 Å². The van der Waals surface area contributed by atoms with Gasteiger partial charge in [-0.3, -0.25) is 0 Å². The predicted molar refractivity (Wildman–Crippen MR) is 74.4 cm³/mol. The molecule has 0 aliphatic carbocycles. The minimum absolute atomic E-state index is 0.707. The van der Waals surface area contributed by atoms with Gasteiger partial charge in [0, 0.05) is 12.6 Å². The van der Waals surface area contributed by atoms with Gasteiger partial charge in [0.15, 0.2) is 0 Å². The summed E-state index contributed by atoms with van der Waals surface area (Å²) in [4.78, 5) is 7.46. The maximum Gasteiger partial charge on any atom is 0.148 e. The minimum Gasteiger partial charge on any atom is -0.494 e. The molecule has 18 heavy (non-hydrogen) atoms. The quantitative estimate of drug-likeness (QED) is 0.776. The fraction of sp³-hybridized carbons (Fsp3) is 0.214. The van der Waals surface area contributed by atoms with E-state index < -0.39 is 0 Å². The van der Waals surface area contributed by atoms with Gasteiger partial charge in [-0.2, -0.15) is 0 Å². The van der Waals surface area contributed by atoms with Gasteiger partial charge in [0.2, 0.25) is 0 Å². The van der Waals surface area contributed by atoms with E-state index in [2.05, 4.69) is 22.1 Å². The number of hydrogen-bond acceptors (Lipinski definition) is 3. The smallest absolute Gasteiger partial charge is 0.148 e. The summed E-state index contributed by atoms with van der Waals surface area (Å²) in [6.45, 7) is 2.70. The number of aromatic nitrogens is 2. The fourth-order valence-electron chi connectivity index (χ4n) is 2.02. The highest BCUT2D eigenvalue weighted by Gasteiger charge is 2.06. The number of hydrogen-bond donors (Lipinski definition) is 1. The van der Waals surface area contributed by atoms with Crippen LogP contribution in [-0.4, -0.2) is 16.6 Å². The van der Waals surface area contributed by atoms with Crippen LogP contribution in [0, 0.1) is 0 Å².